The van der Waals surface area contributed by atoms with Gasteiger partial charge in [0, 0.05) is 11.8 Å². The molecule has 0 aliphatic heterocycles. The normalized spacial score (nSPS) is 10.1. The van der Waals surface area contributed by atoms with Crippen molar-refractivity contribution >= 4 is 11.4 Å². The number of hydrogen-bond donors (Lipinski definition) is 1. The summed E-state index contributed by atoms with van der Waals surface area (Å²) >= 11 is 0. The van der Waals surface area contributed by atoms with Crippen LogP contribution in [0.3, 0.4) is 0 Å². The first kappa shape index (κ1) is 12.9. The van der Waals surface area contributed by atoms with Gasteiger partial charge in [-0.3, -0.25) is 0 Å². The van der Waals surface area contributed by atoms with Gasteiger partial charge in [0.05, 0.1) is 11.6 Å². The van der Waals surface area contributed by atoms with Crippen LogP contribution < -0.4 is 5.32 Å². The minimum Gasteiger partial charge on any atom is -0.351 e. The monoisotopic (exact) mass is 266 g/mol. The van der Waals surface area contributed by atoms with Crippen molar-refractivity contribution in [2.45, 2.75) is 0 Å². The fourth-order valence-corrected chi connectivity index (χ4v) is 1.48. The molecule has 0 heterocycles. The summed E-state index contributed by atoms with van der Waals surface area (Å²) in [5, 5.41) is 10.8. The van der Waals surface area contributed by atoms with Gasteiger partial charge in [0.2, 0.25) is 0 Å². The van der Waals surface area contributed by atoms with Crippen LogP contribution in [0.2, 0.25) is 0 Å². The third kappa shape index (κ3) is 2.65. The maximum Gasteiger partial charge on any atom is 0.160 e. The second-order valence-corrected chi connectivity index (χ2v) is 3.68. The Balaban J connectivity index is 2.38. The number of nitriles is 1. The largest absolute Gasteiger partial charge is 0.351 e. The van der Waals surface area contributed by atoms with Crippen LogP contribution in [0.4, 0.5) is 28.9 Å². The predicted molar refractivity (Wildman–Crippen MR) is 60.7 cm³/mol. The lowest BCUT2D eigenvalue weighted by molar-refractivity contribution is 0.509. The molecule has 0 aliphatic carbocycles. The number of nitrogens with zero attached hydrogens (tertiary/aromatic N) is 1. The summed E-state index contributed by atoms with van der Waals surface area (Å²) in [7, 11) is 0. The molecular weight excluding hydrogens is 260 g/mol. The quantitative estimate of drug-likeness (QED) is 0.838. The van der Waals surface area contributed by atoms with Crippen LogP contribution in [0.1, 0.15) is 5.56 Å². The molecule has 0 saturated heterocycles. The van der Waals surface area contributed by atoms with Crippen molar-refractivity contribution < 1.29 is 17.6 Å². The topological polar surface area (TPSA) is 35.8 Å². The maximum atomic E-state index is 13.5. The molecule has 0 saturated carbocycles. The number of hydrogen-bond acceptors (Lipinski definition) is 2. The number of nitrogens with one attached hydrogen (secondary N) is 1. The van der Waals surface area contributed by atoms with Crippen molar-refractivity contribution in [3.63, 3.8) is 0 Å². The van der Waals surface area contributed by atoms with Gasteiger partial charge in [0.25, 0.3) is 0 Å². The van der Waals surface area contributed by atoms with E-state index in [2.05, 4.69) is 5.32 Å². The number of anilines is 2. The number of benzene rings is 2. The summed E-state index contributed by atoms with van der Waals surface area (Å²) in [6.07, 6.45) is 0. The molecule has 0 spiro atoms. The average Bonchev–Trinajstić information content (AvgIpc) is 2.37. The van der Waals surface area contributed by atoms with E-state index in [4.69, 9.17) is 5.26 Å². The lowest BCUT2D eigenvalue weighted by Crippen LogP contribution is -1.99. The molecule has 2 aromatic carbocycles. The Kier molecular flexibility index (Phi) is 3.38. The zero-order valence-corrected chi connectivity index (χ0v) is 9.35. The molecule has 2 nitrogen and oxygen atoms in total. The molecule has 0 unspecified atom stereocenters. The van der Waals surface area contributed by atoms with E-state index in [1.165, 1.54) is 0 Å². The number of halogens is 4. The first-order valence-electron chi connectivity index (χ1n) is 5.12. The second kappa shape index (κ2) is 4.98. The van der Waals surface area contributed by atoms with Gasteiger partial charge in [-0.05, 0) is 24.3 Å². The molecule has 2 aromatic rings. The SMILES string of the molecule is N#Cc1cc(F)c(Nc2ccc(F)c(F)c2)c(F)c1. The van der Waals surface area contributed by atoms with Gasteiger partial charge in [0.15, 0.2) is 23.3 Å². The Morgan fingerprint density at radius 2 is 1.47 bits per heavy atom. The van der Waals surface area contributed by atoms with Gasteiger partial charge in [-0.15, -0.1) is 0 Å². The highest BCUT2D eigenvalue weighted by molar-refractivity contribution is 5.62. The van der Waals surface area contributed by atoms with Crippen LogP contribution in [-0.2, 0) is 0 Å². The van der Waals surface area contributed by atoms with Gasteiger partial charge < -0.3 is 5.32 Å². The van der Waals surface area contributed by atoms with Crippen molar-refractivity contribution in [2.24, 2.45) is 0 Å². The predicted octanol–water partition coefficient (Wildman–Crippen LogP) is 3.86. The van der Waals surface area contributed by atoms with Crippen LogP contribution in [0.5, 0.6) is 0 Å². The molecule has 0 aromatic heterocycles. The van der Waals surface area contributed by atoms with Crippen molar-refractivity contribution in [3.05, 3.63) is 59.2 Å². The molecule has 96 valence electrons. The van der Waals surface area contributed by atoms with Gasteiger partial charge in [-0.1, -0.05) is 0 Å². The molecular formula is C13H6F4N2. The van der Waals surface area contributed by atoms with Crippen LogP contribution in [0.15, 0.2) is 30.3 Å². The van der Waals surface area contributed by atoms with E-state index in [1.807, 2.05) is 0 Å². The Morgan fingerprint density at radius 3 is 2.00 bits per heavy atom. The summed E-state index contributed by atoms with van der Waals surface area (Å²) in [4.78, 5) is 0. The van der Waals surface area contributed by atoms with E-state index in [0.717, 1.165) is 30.3 Å². The smallest absolute Gasteiger partial charge is 0.160 e. The molecule has 0 radical (unpaired) electrons. The summed E-state index contributed by atoms with van der Waals surface area (Å²) in [6, 6.07) is 6.01. The van der Waals surface area contributed by atoms with Crippen molar-refractivity contribution in [1.82, 2.24) is 0 Å². The second-order valence-electron chi connectivity index (χ2n) is 3.68. The van der Waals surface area contributed by atoms with E-state index >= 15 is 0 Å². The minimum atomic E-state index is -1.14. The third-order valence-electron chi connectivity index (χ3n) is 2.36. The van der Waals surface area contributed by atoms with Gasteiger partial charge in [0.1, 0.15) is 5.69 Å². The Labute approximate surface area is 105 Å². The van der Waals surface area contributed by atoms with E-state index in [9.17, 15) is 17.6 Å². The summed E-state index contributed by atoms with van der Waals surface area (Å²) in [5.41, 5.74) is -0.725. The van der Waals surface area contributed by atoms with Crippen molar-refractivity contribution in [2.75, 3.05) is 5.32 Å². The van der Waals surface area contributed by atoms with Gasteiger partial charge >= 0.3 is 0 Å². The van der Waals surface area contributed by atoms with Crippen LogP contribution in [0.25, 0.3) is 0 Å². The maximum absolute atomic E-state index is 13.5. The highest BCUT2D eigenvalue weighted by atomic mass is 19.2. The first-order chi connectivity index (χ1) is 9.01. The van der Waals surface area contributed by atoms with E-state index < -0.39 is 29.0 Å². The van der Waals surface area contributed by atoms with Crippen LogP contribution in [-0.4, -0.2) is 0 Å². The zero-order chi connectivity index (χ0) is 14.0. The van der Waals surface area contributed by atoms with Crippen molar-refractivity contribution in [1.29, 1.82) is 5.26 Å². The summed E-state index contributed by atoms with van der Waals surface area (Å²) < 4.78 is 52.7. The first-order valence-corrected chi connectivity index (χ1v) is 5.12. The third-order valence-corrected chi connectivity index (χ3v) is 2.36. The fraction of sp³-hybridized carbons (Fsp3) is 0. The van der Waals surface area contributed by atoms with E-state index in [-0.39, 0.29) is 11.3 Å². The molecule has 1 N–H and O–H groups in total. The molecule has 2 rings (SSSR count). The van der Waals surface area contributed by atoms with Gasteiger partial charge in [-0.2, -0.15) is 5.26 Å². The van der Waals surface area contributed by atoms with Crippen molar-refractivity contribution in [3.8, 4) is 6.07 Å². The molecule has 6 heteroatoms. The molecule has 0 fully saturated rings. The molecule has 0 amide bonds. The minimum absolute atomic E-state index is 0.0126. The Morgan fingerprint density at radius 1 is 0.842 bits per heavy atom. The number of rotatable bonds is 2. The zero-order valence-electron chi connectivity index (χ0n) is 9.35. The van der Waals surface area contributed by atoms with Crippen LogP contribution in [0, 0.1) is 34.6 Å². The highest BCUT2D eigenvalue weighted by Crippen LogP contribution is 2.25. The lowest BCUT2D eigenvalue weighted by atomic mass is 10.2. The Bertz CT molecular complexity index is 654. The average molecular weight is 266 g/mol. The van der Waals surface area contributed by atoms with Crippen LogP contribution >= 0.6 is 0 Å². The summed E-state index contributed by atoms with van der Waals surface area (Å²) in [6.45, 7) is 0. The standard InChI is InChI=1S/C13H6F4N2/c14-9-2-1-8(5-10(9)15)19-13-11(16)3-7(6-18)4-12(13)17/h1-5,19H. The Hall–Kier alpha value is -2.55. The molecule has 0 atom stereocenters. The highest BCUT2D eigenvalue weighted by Gasteiger charge is 2.12. The molecule has 0 aliphatic rings. The van der Waals surface area contributed by atoms with Gasteiger partial charge in [-0.25, -0.2) is 17.6 Å². The van der Waals surface area contributed by atoms with E-state index in [0.29, 0.717) is 0 Å². The summed E-state index contributed by atoms with van der Waals surface area (Å²) in [5.74, 6) is -4.20. The van der Waals surface area contributed by atoms with E-state index in [1.54, 1.807) is 6.07 Å². The fourth-order valence-electron chi connectivity index (χ4n) is 1.48. The molecule has 0 bridgehead atoms. The molecule has 19 heavy (non-hydrogen) atoms. The lowest BCUT2D eigenvalue weighted by Gasteiger charge is -2.09.